The van der Waals surface area contributed by atoms with Crippen LogP contribution in [0.4, 0.5) is 0 Å². The summed E-state index contributed by atoms with van der Waals surface area (Å²) in [7, 11) is 1.17. The Morgan fingerprint density at radius 1 is 0.734 bits per heavy atom. The third-order valence-electron chi connectivity index (χ3n) is 9.09. The first-order valence-corrected chi connectivity index (χ1v) is 25.4. The fourth-order valence-electron chi connectivity index (χ4n) is 5.39. The zero-order valence-corrected chi connectivity index (χ0v) is 41.1. The lowest BCUT2D eigenvalue weighted by atomic mass is 10.1. The molecule has 0 bridgehead atoms. The van der Waals surface area contributed by atoms with E-state index in [1.54, 1.807) is 12.2 Å². The average Bonchev–Trinajstić information content (AvgIpc) is 3.23. The number of carboxylic acids is 1. The Morgan fingerprint density at radius 3 is 1.94 bits per heavy atom. The Labute approximate surface area is 389 Å². The standard InChI is InChI=1S/C49H81N2O11PS/c1-6-8-10-12-14-16-18-20-21-22-24-26-28-30-32-37-48(55)62-43(41-61-63(57,58)60-39-38-51(3,4)5)40-59-49(56)44(50)42-64-46(45(52)34-33-36-47(53)54)35-31-29-27-25-23-19-17-15-13-11-9-7-2/h8,10,14-17,20-21,23-27,29,31,35,43-46,52H,6-7,9,11-13,18-19,22,28,30,32-34,36-42,50H2,1-5H3,(H-,53,54,57,58)/p+1/b10-8-,16-14-,17-15-,21-20-,25-23-,26-24-,29-27+,35-31+/t43-,44+,45+,46-/m1/s1. The lowest BCUT2D eigenvalue weighted by molar-refractivity contribution is -0.870. The Morgan fingerprint density at radius 2 is 1.33 bits per heavy atom. The maximum absolute atomic E-state index is 13.0. The third-order valence-corrected chi connectivity index (χ3v) is 11.5. The number of unbranched alkanes of at least 4 members (excludes halogenated alkanes) is 5. The van der Waals surface area contributed by atoms with E-state index in [2.05, 4.69) is 74.6 Å². The molecule has 0 fully saturated rings. The smallest absolute Gasteiger partial charge is 0.472 e. The summed E-state index contributed by atoms with van der Waals surface area (Å²) in [5.74, 6) is -2.31. The van der Waals surface area contributed by atoms with Crippen molar-refractivity contribution in [3.63, 3.8) is 0 Å². The van der Waals surface area contributed by atoms with Crippen LogP contribution in [-0.2, 0) is 37.5 Å². The summed E-state index contributed by atoms with van der Waals surface area (Å²) in [5, 5.41) is 19.5. The number of thioether (sulfide) groups is 1. The summed E-state index contributed by atoms with van der Waals surface area (Å²) in [6.45, 7) is 3.61. The number of quaternary nitrogens is 1. The number of rotatable bonds is 40. The number of phosphoric ester groups is 1. The Hall–Kier alpha value is -3.33. The molecule has 364 valence electrons. The summed E-state index contributed by atoms with van der Waals surface area (Å²) in [6.07, 6.45) is 42.2. The minimum Gasteiger partial charge on any atom is -0.481 e. The molecule has 64 heavy (non-hydrogen) atoms. The number of nitrogens with zero attached hydrogens (tertiary/aromatic N) is 1. The van der Waals surface area contributed by atoms with E-state index in [0.717, 1.165) is 51.4 Å². The van der Waals surface area contributed by atoms with Gasteiger partial charge in [0.15, 0.2) is 6.10 Å². The summed E-state index contributed by atoms with van der Waals surface area (Å²) in [6, 6.07) is -1.14. The second-order valence-corrected chi connectivity index (χ2v) is 18.9. The first-order chi connectivity index (χ1) is 30.6. The van der Waals surface area contributed by atoms with Crippen LogP contribution in [0.15, 0.2) is 97.2 Å². The van der Waals surface area contributed by atoms with Gasteiger partial charge in [-0.1, -0.05) is 124 Å². The highest BCUT2D eigenvalue weighted by atomic mass is 32.2. The summed E-state index contributed by atoms with van der Waals surface area (Å²) in [5.41, 5.74) is 6.20. The molecule has 0 aliphatic carbocycles. The van der Waals surface area contributed by atoms with Crippen LogP contribution >= 0.6 is 19.6 Å². The van der Waals surface area contributed by atoms with E-state index in [9.17, 15) is 28.9 Å². The predicted octanol–water partition coefficient (Wildman–Crippen LogP) is 9.89. The molecule has 0 saturated carbocycles. The molecule has 0 aromatic rings. The van der Waals surface area contributed by atoms with Gasteiger partial charge in [0.2, 0.25) is 0 Å². The number of aliphatic carboxylic acids is 1. The number of carbonyl (C=O) groups is 3. The van der Waals surface area contributed by atoms with Gasteiger partial charge in [-0.15, -0.1) is 11.8 Å². The van der Waals surface area contributed by atoms with Gasteiger partial charge in [-0.3, -0.25) is 23.4 Å². The SMILES string of the molecule is CC/C=C\C/C=C\C/C=C\C/C=C\CCCCC(=O)O[C@H](COC(=O)[C@@H](N)CS[C@H](/C=C/C=C/C=C\C/C=C\CCCCC)[C@@H](O)CCCC(=O)O)COP(=O)(O)OCC[N+](C)(C)C. The maximum Gasteiger partial charge on any atom is 0.472 e. The number of carboxylic acid groups (broad SMARTS) is 1. The number of esters is 2. The highest BCUT2D eigenvalue weighted by Gasteiger charge is 2.28. The lowest BCUT2D eigenvalue weighted by Crippen LogP contribution is -2.39. The zero-order valence-electron chi connectivity index (χ0n) is 39.4. The van der Waals surface area contributed by atoms with Gasteiger partial charge in [0.05, 0.1) is 33.9 Å². The van der Waals surface area contributed by atoms with Crippen LogP contribution in [0.3, 0.4) is 0 Å². The molecule has 0 spiro atoms. The van der Waals surface area contributed by atoms with Crippen LogP contribution in [0.2, 0.25) is 0 Å². The molecule has 5 N–H and O–H groups in total. The highest BCUT2D eigenvalue weighted by molar-refractivity contribution is 8.00. The van der Waals surface area contributed by atoms with E-state index in [0.29, 0.717) is 17.4 Å². The molecule has 1 unspecified atom stereocenters. The number of likely N-dealkylation sites (N-methyl/N-ethyl adjacent to an activating group) is 1. The predicted molar refractivity (Wildman–Crippen MR) is 262 cm³/mol. The van der Waals surface area contributed by atoms with Gasteiger partial charge in [-0.2, -0.15) is 0 Å². The highest BCUT2D eigenvalue weighted by Crippen LogP contribution is 2.43. The fourth-order valence-corrected chi connectivity index (χ4v) is 7.25. The molecule has 0 amide bonds. The van der Waals surface area contributed by atoms with Crippen molar-refractivity contribution in [3.8, 4) is 0 Å². The number of hydrogen-bond acceptors (Lipinski definition) is 11. The minimum absolute atomic E-state index is 0.0459. The van der Waals surface area contributed by atoms with Crippen LogP contribution < -0.4 is 5.73 Å². The second-order valence-electron chi connectivity index (χ2n) is 16.3. The number of carbonyl (C=O) groups excluding carboxylic acids is 2. The molecular formula is C49H82N2O11PS+. The first kappa shape index (κ1) is 60.7. The normalized spacial score (nSPS) is 15.8. The van der Waals surface area contributed by atoms with E-state index in [1.165, 1.54) is 31.0 Å². The first-order valence-electron chi connectivity index (χ1n) is 22.9. The number of aliphatic hydroxyl groups is 1. The number of aliphatic hydroxyl groups excluding tert-OH is 1. The van der Waals surface area contributed by atoms with Crippen molar-refractivity contribution in [1.82, 2.24) is 0 Å². The van der Waals surface area contributed by atoms with Crippen LogP contribution in [0.1, 0.15) is 117 Å². The summed E-state index contributed by atoms with van der Waals surface area (Å²) < 4.78 is 34.3. The third kappa shape index (κ3) is 40.2. The van der Waals surface area contributed by atoms with Gasteiger partial charge in [-0.25, -0.2) is 4.57 Å². The molecule has 5 atom stereocenters. The van der Waals surface area contributed by atoms with Gasteiger partial charge in [-0.05, 0) is 77.0 Å². The van der Waals surface area contributed by atoms with Crippen molar-refractivity contribution in [2.45, 2.75) is 140 Å². The number of phosphoric acid groups is 1. The number of ether oxygens (including phenoxy) is 2. The molecule has 0 radical (unpaired) electrons. The van der Waals surface area contributed by atoms with Gasteiger partial charge < -0.3 is 34.8 Å². The largest absolute Gasteiger partial charge is 0.481 e. The molecule has 0 heterocycles. The molecule has 0 aromatic carbocycles. The molecule has 13 nitrogen and oxygen atoms in total. The van der Waals surface area contributed by atoms with E-state index in [-0.39, 0.29) is 38.0 Å². The quantitative estimate of drug-likeness (QED) is 0.0113. The molecule has 0 rings (SSSR count). The topological polar surface area (TPSA) is 192 Å². The molecule has 0 saturated heterocycles. The number of nitrogens with two attached hydrogens (primary N) is 1. The van der Waals surface area contributed by atoms with Crippen LogP contribution in [0.25, 0.3) is 0 Å². The fraction of sp³-hybridized carbons (Fsp3) is 0.612. The van der Waals surface area contributed by atoms with Gasteiger partial charge in [0.25, 0.3) is 0 Å². The summed E-state index contributed by atoms with van der Waals surface area (Å²) >= 11 is 1.22. The van der Waals surface area contributed by atoms with E-state index in [1.807, 2.05) is 45.4 Å². The Kier molecular flexibility index (Phi) is 37.9. The van der Waals surface area contributed by atoms with Crippen LogP contribution in [0, 0.1) is 0 Å². The van der Waals surface area contributed by atoms with E-state index >= 15 is 0 Å². The zero-order chi connectivity index (χ0) is 47.7. The average molecular weight is 938 g/mol. The Balaban J connectivity index is 5.33. The van der Waals surface area contributed by atoms with Crippen molar-refractivity contribution >= 4 is 37.5 Å². The molecule has 0 aliphatic heterocycles. The minimum atomic E-state index is -4.53. The van der Waals surface area contributed by atoms with E-state index < -0.39 is 62.4 Å². The molecular weight excluding hydrogens is 856 g/mol. The second kappa shape index (κ2) is 40.0. The van der Waals surface area contributed by atoms with E-state index in [4.69, 9.17) is 29.4 Å². The van der Waals surface area contributed by atoms with Gasteiger partial charge >= 0.3 is 25.7 Å². The van der Waals surface area contributed by atoms with Crippen molar-refractivity contribution in [2.24, 2.45) is 5.73 Å². The maximum atomic E-state index is 13.0. The molecule has 0 aromatic heterocycles. The summed E-state index contributed by atoms with van der Waals surface area (Å²) in [4.78, 5) is 47.2. The number of allylic oxidation sites excluding steroid dienone is 15. The van der Waals surface area contributed by atoms with Crippen molar-refractivity contribution in [3.05, 3.63) is 97.2 Å². The van der Waals surface area contributed by atoms with Gasteiger partial charge in [0.1, 0.15) is 25.8 Å². The molecule has 15 heteroatoms. The molecule has 0 aliphatic rings. The van der Waals surface area contributed by atoms with Gasteiger partial charge in [0, 0.05) is 23.8 Å². The van der Waals surface area contributed by atoms with Crippen LogP contribution in [0.5, 0.6) is 0 Å². The van der Waals surface area contributed by atoms with Crippen molar-refractivity contribution < 1.29 is 57.1 Å². The Bertz CT molecular complexity index is 1530. The number of hydrogen-bond donors (Lipinski definition) is 4. The lowest BCUT2D eigenvalue weighted by Gasteiger charge is -2.24. The monoisotopic (exact) mass is 938 g/mol. The van der Waals surface area contributed by atoms with Crippen molar-refractivity contribution in [1.29, 1.82) is 0 Å². The van der Waals surface area contributed by atoms with Crippen molar-refractivity contribution in [2.75, 3.05) is 53.3 Å². The van der Waals surface area contributed by atoms with Crippen LogP contribution in [-0.4, -0.2) is 114 Å².